The van der Waals surface area contributed by atoms with E-state index in [0.29, 0.717) is 53.2 Å². The first-order chi connectivity index (χ1) is 17.3. The van der Waals surface area contributed by atoms with E-state index in [0.717, 1.165) is 10.8 Å². The van der Waals surface area contributed by atoms with E-state index in [9.17, 15) is 15.5 Å². The zero-order valence-electron chi connectivity index (χ0n) is 19.9. The van der Waals surface area contributed by atoms with Crippen molar-refractivity contribution in [3.63, 3.8) is 0 Å². The monoisotopic (exact) mass is 483 g/mol. The number of anilines is 1. The average Bonchev–Trinajstić information content (AvgIpc) is 3.42. The Morgan fingerprint density at radius 2 is 1.86 bits per heavy atom. The Bertz CT molecular complexity index is 1570. The molecule has 9 nitrogen and oxygen atoms in total. The van der Waals surface area contributed by atoms with Gasteiger partial charge >= 0.3 is 0 Å². The summed E-state index contributed by atoms with van der Waals surface area (Å²) in [6.45, 7) is 4.03. The van der Waals surface area contributed by atoms with Crippen LogP contribution < -0.4 is 10.5 Å². The van der Waals surface area contributed by atoms with Gasteiger partial charge in [-0.05, 0) is 38.8 Å². The van der Waals surface area contributed by atoms with Gasteiger partial charge in [-0.25, -0.2) is 4.98 Å². The van der Waals surface area contributed by atoms with Crippen molar-refractivity contribution in [3.05, 3.63) is 64.8 Å². The van der Waals surface area contributed by atoms with Gasteiger partial charge in [0.05, 0.1) is 40.7 Å². The molecule has 2 aliphatic rings. The zero-order chi connectivity index (χ0) is 25.2. The summed E-state index contributed by atoms with van der Waals surface area (Å²) in [5.74, 6) is 0.402. The molecule has 182 valence electrons. The lowest BCUT2D eigenvalue weighted by molar-refractivity contribution is -0.0877. The molecular formula is C27H25N5O4. The number of rotatable bonds is 5. The van der Waals surface area contributed by atoms with Crippen molar-refractivity contribution in [1.82, 2.24) is 14.5 Å². The number of hydrogen-bond acceptors (Lipinski definition) is 8. The van der Waals surface area contributed by atoms with Crippen molar-refractivity contribution in [2.45, 2.75) is 44.3 Å². The van der Waals surface area contributed by atoms with Crippen LogP contribution in [0.2, 0.25) is 0 Å². The van der Waals surface area contributed by atoms with E-state index < -0.39 is 11.2 Å². The summed E-state index contributed by atoms with van der Waals surface area (Å²) < 4.78 is 13.8. The zero-order valence-corrected chi connectivity index (χ0v) is 19.9. The lowest BCUT2D eigenvalue weighted by Crippen LogP contribution is -2.25. The molecule has 2 bridgehead atoms. The van der Waals surface area contributed by atoms with E-state index in [1.54, 1.807) is 18.2 Å². The SMILES string of the molecule is Cc1cc(OCC[C@@]23CC[C@@](C)(O2)c2c3c(O)n(-c3ccc(C#N)c4ccccc34)c2O)nc(N)n1. The highest BCUT2D eigenvalue weighted by Crippen LogP contribution is 2.65. The molecule has 4 N–H and O–H groups in total. The molecule has 9 heteroatoms. The van der Waals surface area contributed by atoms with Crippen LogP contribution >= 0.6 is 0 Å². The highest BCUT2D eigenvalue weighted by Gasteiger charge is 2.61. The third-order valence-corrected chi connectivity index (χ3v) is 7.40. The van der Waals surface area contributed by atoms with Crippen molar-refractivity contribution in [2.24, 2.45) is 0 Å². The van der Waals surface area contributed by atoms with E-state index in [4.69, 9.17) is 15.2 Å². The summed E-state index contributed by atoms with van der Waals surface area (Å²) in [6.07, 6.45) is 1.82. The van der Waals surface area contributed by atoms with Crippen LogP contribution in [0.1, 0.15) is 48.6 Å². The second-order valence-corrected chi connectivity index (χ2v) is 9.65. The van der Waals surface area contributed by atoms with Gasteiger partial charge in [0.25, 0.3) is 0 Å². The number of hydrogen-bond donors (Lipinski definition) is 3. The van der Waals surface area contributed by atoms with Crippen LogP contribution in [-0.4, -0.2) is 31.4 Å². The maximum atomic E-state index is 11.5. The average molecular weight is 484 g/mol. The second kappa shape index (κ2) is 7.60. The number of aromatic hydroxyl groups is 2. The summed E-state index contributed by atoms with van der Waals surface area (Å²) >= 11 is 0. The van der Waals surface area contributed by atoms with Gasteiger partial charge < -0.3 is 25.4 Å². The van der Waals surface area contributed by atoms with Gasteiger partial charge in [0.1, 0.15) is 5.60 Å². The lowest BCUT2D eigenvalue weighted by Gasteiger charge is -2.26. The largest absolute Gasteiger partial charge is 0.494 e. The fraction of sp³-hybridized carbons (Fsp3) is 0.296. The van der Waals surface area contributed by atoms with Crippen LogP contribution in [0.15, 0.2) is 42.5 Å². The Balaban J connectivity index is 1.42. The Morgan fingerprint density at radius 3 is 2.61 bits per heavy atom. The normalized spacial score (nSPS) is 22.0. The maximum Gasteiger partial charge on any atom is 0.223 e. The van der Waals surface area contributed by atoms with Gasteiger partial charge in [-0.3, -0.25) is 4.57 Å². The first-order valence-corrected chi connectivity index (χ1v) is 11.8. The molecule has 2 aliphatic heterocycles. The van der Waals surface area contributed by atoms with Crippen LogP contribution in [0.4, 0.5) is 5.95 Å². The van der Waals surface area contributed by atoms with Gasteiger partial charge in [0.2, 0.25) is 23.6 Å². The third kappa shape index (κ3) is 3.04. The lowest BCUT2D eigenvalue weighted by atomic mass is 9.78. The minimum absolute atomic E-state index is 0.0541. The number of nitrogen functional groups attached to an aromatic ring is 1. The maximum absolute atomic E-state index is 11.5. The number of aromatic nitrogens is 3. The number of aryl methyl sites for hydroxylation is 1. The van der Waals surface area contributed by atoms with Crippen LogP contribution in [0, 0.1) is 18.3 Å². The molecule has 2 aromatic heterocycles. The molecular weight excluding hydrogens is 458 g/mol. The van der Waals surface area contributed by atoms with E-state index in [1.807, 2.05) is 38.1 Å². The molecule has 2 atom stereocenters. The van der Waals surface area contributed by atoms with E-state index >= 15 is 0 Å². The van der Waals surface area contributed by atoms with Gasteiger partial charge in [0.15, 0.2) is 0 Å². The number of ether oxygens (including phenoxy) is 2. The molecule has 1 saturated heterocycles. The topological polar surface area (TPSA) is 139 Å². The molecule has 4 aromatic rings. The molecule has 36 heavy (non-hydrogen) atoms. The highest BCUT2D eigenvalue weighted by molar-refractivity contribution is 5.95. The summed E-state index contributed by atoms with van der Waals surface area (Å²) in [7, 11) is 0. The van der Waals surface area contributed by atoms with Gasteiger partial charge in [0, 0.05) is 29.0 Å². The van der Waals surface area contributed by atoms with Gasteiger partial charge in [-0.1, -0.05) is 24.3 Å². The number of nitrogens with two attached hydrogens (primary N) is 1. The number of nitrogens with zero attached hydrogens (tertiary/aromatic N) is 4. The third-order valence-electron chi connectivity index (χ3n) is 7.40. The second-order valence-electron chi connectivity index (χ2n) is 9.65. The number of nitriles is 1. The smallest absolute Gasteiger partial charge is 0.223 e. The minimum Gasteiger partial charge on any atom is -0.494 e. The van der Waals surface area contributed by atoms with Crippen molar-refractivity contribution >= 4 is 16.7 Å². The molecule has 6 rings (SSSR count). The van der Waals surface area contributed by atoms with Crippen molar-refractivity contribution < 1.29 is 19.7 Å². The number of benzene rings is 2. The van der Waals surface area contributed by atoms with Crippen LogP contribution in [0.5, 0.6) is 17.6 Å². The molecule has 0 radical (unpaired) electrons. The van der Waals surface area contributed by atoms with Crippen molar-refractivity contribution in [1.29, 1.82) is 5.26 Å². The Hall–Kier alpha value is -4.29. The van der Waals surface area contributed by atoms with Crippen LogP contribution in [-0.2, 0) is 15.9 Å². The van der Waals surface area contributed by atoms with Crippen LogP contribution in [0.3, 0.4) is 0 Å². The minimum atomic E-state index is -0.813. The fourth-order valence-electron chi connectivity index (χ4n) is 5.87. The number of fused-ring (bicyclic) bond motifs is 6. The van der Waals surface area contributed by atoms with Crippen molar-refractivity contribution in [3.8, 4) is 29.4 Å². The predicted molar refractivity (Wildman–Crippen MR) is 132 cm³/mol. The molecule has 0 saturated carbocycles. The molecule has 2 aromatic carbocycles. The Kier molecular flexibility index (Phi) is 4.69. The Labute approximate surface area is 207 Å². The summed E-state index contributed by atoms with van der Waals surface area (Å²) in [5, 5.41) is 34.0. The summed E-state index contributed by atoms with van der Waals surface area (Å²) in [4.78, 5) is 8.18. The quantitative estimate of drug-likeness (QED) is 0.382. The molecule has 0 unspecified atom stereocenters. The van der Waals surface area contributed by atoms with Gasteiger partial charge in [-0.15, -0.1) is 0 Å². The Morgan fingerprint density at radius 1 is 1.11 bits per heavy atom. The van der Waals surface area contributed by atoms with E-state index in [-0.39, 0.29) is 24.3 Å². The standard InChI is InChI=1S/C27H25N5O4/c1-15-13-20(31-25(29)30-15)35-12-11-27-10-9-26(2,36-27)21-22(27)24(34)32(23(21)33)19-8-7-16(14-28)17-5-3-4-6-18(17)19/h3-8,13,33-34H,9-12H2,1-2H3,(H2,29,30,31)/t26-,27-/m1/s1. The molecule has 0 aliphatic carbocycles. The first-order valence-electron chi connectivity index (χ1n) is 11.8. The van der Waals surface area contributed by atoms with E-state index in [1.165, 1.54) is 4.57 Å². The summed E-state index contributed by atoms with van der Waals surface area (Å²) in [5.41, 5.74) is 7.20. The van der Waals surface area contributed by atoms with Gasteiger partial charge in [-0.2, -0.15) is 10.2 Å². The molecule has 0 amide bonds. The molecule has 1 fully saturated rings. The van der Waals surface area contributed by atoms with E-state index in [2.05, 4.69) is 16.0 Å². The highest BCUT2D eigenvalue weighted by atomic mass is 16.5. The fourth-order valence-corrected chi connectivity index (χ4v) is 5.87. The predicted octanol–water partition coefficient (Wildman–Crippen LogP) is 4.30. The molecule has 4 heterocycles. The molecule has 0 spiro atoms. The van der Waals surface area contributed by atoms with Crippen molar-refractivity contribution in [2.75, 3.05) is 12.3 Å². The summed E-state index contributed by atoms with van der Waals surface area (Å²) in [6, 6.07) is 14.8. The van der Waals surface area contributed by atoms with Crippen LogP contribution in [0.25, 0.3) is 16.5 Å². The first kappa shape index (κ1) is 22.2.